The van der Waals surface area contributed by atoms with Crippen molar-refractivity contribution in [2.75, 3.05) is 6.54 Å². The Hall–Kier alpha value is -1.56. The second-order valence-corrected chi connectivity index (χ2v) is 3.96. The zero-order valence-corrected chi connectivity index (χ0v) is 10.2. The van der Waals surface area contributed by atoms with Crippen molar-refractivity contribution >= 4 is 0 Å². The molecule has 0 bridgehead atoms. The van der Waals surface area contributed by atoms with Crippen LogP contribution in [0, 0.1) is 13.8 Å². The molecule has 0 radical (unpaired) electrons. The fourth-order valence-electron chi connectivity index (χ4n) is 1.80. The molecule has 1 aromatic heterocycles. The molecule has 0 spiro atoms. The SMILES string of the molecule is Cc1nn(C)c(C)c1C(O)C(O)CCN=[N+]=[N-]. The van der Waals surface area contributed by atoms with E-state index in [1.807, 2.05) is 6.92 Å². The Morgan fingerprint density at radius 2 is 2.12 bits per heavy atom. The average molecular weight is 239 g/mol. The third-order valence-electron chi connectivity index (χ3n) is 2.81. The van der Waals surface area contributed by atoms with E-state index >= 15 is 0 Å². The summed E-state index contributed by atoms with van der Waals surface area (Å²) in [5, 5.41) is 27.3. The molecule has 7 nitrogen and oxygen atoms in total. The molecule has 0 fully saturated rings. The molecule has 0 aliphatic heterocycles. The molecule has 1 rings (SSSR count). The van der Waals surface area contributed by atoms with Crippen LogP contribution < -0.4 is 0 Å². The van der Waals surface area contributed by atoms with Gasteiger partial charge in [0, 0.05) is 29.8 Å². The quantitative estimate of drug-likeness (QED) is 0.457. The minimum Gasteiger partial charge on any atom is -0.390 e. The van der Waals surface area contributed by atoms with Gasteiger partial charge in [0.25, 0.3) is 0 Å². The molecule has 94 valence electrons. The molecule has 17 heavy (non-hydrogen) atoms. The Balaban J connectivity index is 2.80. The summed E-state index contributed by atoms with van der Waals surface area (Å²) in [6, 6.07) is 0. The van der Waals surface area contributed by atoms with E-state index in [0.29, 0.717) is 11.3 Å². The molecule has 2 atom stereocenters. The minimum atomic E-state index is -1.00. The molecular weight excluding hydrogens is 222 g/mol. The standard InChI is InChI=1S/C10H17N5O2/c1-6-9(7(2)15(3)13-6)10(17)8(16)4-5-12-14-11/h8,10,16-17H,4-5H2,1-3H3. The molecule has 0 aliphatic rings. The van der Waals surface area contributed by atoms with Gasteiger partial charge < -0.3 is 10.2 Å². The van der Waals surface area contributed by atoms with Crippen molar-refractivity contribution in [2.45, 2.75) is 32.5 Å². The van der Waals surface area contributed by atoms with E-state index in [4.69, 9.17) is 5.53 Å². The Labute approximate surface area is 99.3 Å². The van der Waals surface area contributed by atoms with E-state index in [-0.39, 0.29) is 13.0 Å². The highest BCUT2D eigenvalue weighted by Crippen LogP contribution is 2.25. The summed E-state index contributed by atoms with van der Waals surface area (Å²) in [5.41, 5.74) is 10.3. The van der Waals surface area contributed by atoms with E-state index < -0.39 is 12.2 Å². The summed E-state index contributed by atoms with van der Waals surface area (Å²) in [7, 11) is 1.78. The lowest BCUT2D eigenvalue weighted by molar-refractivity contribution is 0.0142. The van der Waals surface area contributed by atoms with E-state index in [1.54, 1.807) is 18.7 Å². The summed E-state index contributed by atoms with van der Waals surface area (Å²) in [5.74, 6) is 0. The molecule has 0 amide bonds. The highest BCUT2D eigenvalue weighted by atomic mass is 16.3. The first-order valence-corrected chi connectivity index (χ1v) is 5.36. The molecule has 7 heteroatoms. The van der Waals surface area contributed by atoms with Crippen LogP contribution in [0.4, 0.5) is 0 Å². The van der Waals surface area contributed by atoms with E-state index in [9.17, 15) is 10.2 Å². The number of azide groups is 1. The lowest BCUT2D eigenvalue weighted by Crippen LogP contribution is -2.20. The summed E-state index contributed by atoms with van der Waals surface area (Å²) in [6.45, 7) is 3.78. The van der Waals surface area contributed by atoms with Gasteiger partial charge in [0.15, 0.2) is 0 Å². The lowest BCUT2D eigenvalue weighted by Gasteiger charge is -2.17. The monoisotopic (exact) mass is 239 g/mol. The number of aromatic nitrogens is 2. The highest BCUT2D eigenvalue weighted by molar-refractivity contribution is 5.27. The zero-order valence-electron chi connectivity index (χ0n) is 10.2. The van der Waals surface area contributed by atoms with Crippen LogP contribution >= 0.6 is 0 Å². The van der Waals surface area contributed by atoms with Gasteiger partial charge in [-0.1, -0.05) is 5.11 Å². The lowest BCUT2D eigenvalue weighted by atomic mass is 10.0. The van der Waals surface area contributed by atoms with Crippen LogP contribution in [-0.4, -0.2) is 32.6 Å². The molecule has 0 saturated heterocycles. The first kappa shape index (κ1) is 13.5. The minimum absolute atomic E-state index is 0.160. The average Bonchev–Trinajstić information content (AvgIpc) is 2.52. The van der Waals surface area contributed by atoms with Crippen LogP contribution in [0.15, 0.2) is 5.11 Å². The number of aryl methyl sites for hydroxylation is 2. The van der Waals surface area contributed by atoms with Crippen LogP contribution in [0.3, 0.4) is 0 Å². The second-order valence-electron chi connectivity index (χ2n) is 3.96. The van der Waals surface area contributed by atoms with Gasteiger partial charge in [0.2, 0.25) is 0 Å². The van der Waals surface area contributed by atoms with Crippen LogP contribution in [0.5, 0.6) is 0 Å². The summed E-state index contributed by atoms with van der Waals surface area (Å²) in [6.07, 6.45) is -1.74. The van der Waals surface area contributed by atoms with Crippen LogP contribution in [-0.2, 0) is 7.05 Å². The largest absolute Gasteiger partial charge is 0.390 e. The van der Waals surface area contributed by atoms with Crippen LogP contribution in [0.2, 0.25) is 0 Å². The molecular formula is C10H17N5O2. The van der Waals surface area contributed by atoms with Gasteiger partial charge in [-0.05, 0) is 25.8 Å². The highest BCUT2D eigenvalue weighted by Gasteiger charge is 2.24. The van der Waals surface area contributed by atoms with Crippen molar-refractivity contribution in [1.82, 2.24) is 9.78 Å². The van der Waals surface area contributed by atoms with Crippen molar-refractivity contribution in [2.24, 2.45) is 12.2 Å². The topological polar surface area (TPSA) is 107 Å². The Bertz CT molecular complexity index is 436. The summed E-state index contributed by atoms with van der Waals surface area (Å²) < 4.78 is 1.66. The fourth-order valence-corrected chi connectivity index (χ4v) is 1.80. The maximum atomic E-state index is 10.0. The summed E-state index contributed by atoms with van der Waals surface area (Å²) in [4.78, 5) is 2.59. The number of hydrogen-bond acceptors (Lipinski definition) is 4. The number of aliphatic hydroxyl groups is 2. The maximum Gasteiger partial charge on any atom is 0.108 e. The maximum absolute atomic E-state index is 10.0. The van der Waals surface area contributed by atoms with Crippen molar-refractivity contribution < 1.29 is 10.2 Å². The van der Waals surface area contributed by atoms with Crippen molar-refractivity contribution in [3.8, 4) is 0 Å². The number of rotatable bonds is 5. The van der Waals surface area contributed by atoms with Gasteiger partial charge >= 0.3 is 0 Å². The third-order valence-corrected chi connectivity index (χ3v) is 2.81. The first-order valence-electron chi connectivity index (χ1n) is 5.36. The molecule has 2 unspecified atom stereocenters. The van der Waals surface area contributed by atoms with Crippen LogP contribution in [0.25, 0.3) is 10.4 Å². The molecule has 2 N–H and O–H groups in total. The second kappa shape index (κ2) is 5.67. The zero-order chi connectivity index (χ0) is 13.0. The number of aliphatic hydroxyl groups excluding tert-OH is 2. The van der Waals surface area contributed by atoms with Crippen molar-refractivity contribution in [1.29, 1.82) is 0 Å². The smallest absolute Gasteiger partial charge is 0.108 e. The number of hydrogen-bond donors (Lipinski definition) is 2. The molecule has 0 aliphatic carbocycles. The van der Waals surface area contributed by atoms with Crippen LogP contribution in [0.1, 0.15) is 29.5 Å². The van der Waals surface area contributed by atoms with Gasteiger partial charge in [0.1, 0.15) is 6.10 Å². The predicted octanol–water partition coefficient (Wildman–Crippen LogP) is 1.13. The fraction of sp³-hybridized carbons (Fsp3) is 0.700. The Morgan fingerprint density at radius 1 is 1.47 bits per heavy atom. The van der Waals surface area contributed by atoms with Crippen molar-refractivity contribution in [3.05, 3.63) is 27.4 Å². The molecule has 0 saturated carbocycles. The van der Waals surface area contributed by atoms with Gasteiger partial charge in [0.05, 0.1) is 11.8 Å². The molecule has 0 aromatic carbocycles. The van der Waals surface area contributed by atoms with Crippen molar-refractivity contribution in [3.63, 3.8) is 0 Å². The third kappa shape index (κ3) is 2.97. The Kier molecular flexibility index (Phi) is 4.51. The predicted molar refractivity (Wildman–Crippen MR) is 62.3 cm³/mol. The van der Waals surface area contributed by atoms with E-state index in [1.165, 1.54) is 0 Å². The van der Waals surface area contributed by atoms with Gasteiger partial charge in [-0.3, -0.25) is 4.68 Å². The van der Waals surface area contributed by atoms with Gasteiger partial charge in [-0.2, -0.15) is 5.10 Å². The normalized spacial score (nSPS) is 14.2. The molecule has 1 heterocycles. The Morgan fingerprint density at radius 3 is 2.59 bits per heavy atom. The van der Waals surface area contributed by atoms with Gasteiger partial charge in [-0.25, -0.2) is 0 Å². The van der Waals surface area contributed by atoms with Gasteiger partial charge in [-0.15, -0.1) is 0 Å². The van der Waals surface area contributed by atoms with E-state index in [2.05, 4.69) is 15.1 Å². The number of nitrogens with zero attached hydrogens (tertiary/aromatic N) is 5. The van der Waals surface area contributed by atoms with E-state index in [0.717, 1.165) is 5.69 Å². The molecule has 1 aromatic rings. The summed E-state index contributed by atoms with van der Waals surface area (Å²) >= 11 is 0. The first-order chi connectivity index (χ1) is 7.99.